The van der Waals surface area contributed by atoms with Crippen LogP contribution in [0.4, 0.5) is 21.5 Å². The van der Waals surface area contributed by atoms with Crippen LogP contribution in [0.2, 0.25) is 5.02 Å². The zero-order chi connectivity index (χ0) is 13.1. The minimum atomic E-state index is -0.482. The number of anilines is 3. The first-order valence-electron chi connectivity index (χ1n) is 5.12. The van der Waals surface area contributed by atoms with Crippen LogP contribution in [0.15, 0.2) is 36.4 Å². The van der Waals surface area contributed by atoms with Gasteiger partial charge in [0.25, 0.3) is 0 Å². The fourth-order valence-corrected chi connectivity index (χ4v) is 1.63. The summed E-state index contributed by atoms with van der Waals surface area (Å²) in [6.07, 6.45) is 0. The first kappa shape index (κ1) is 12.2. The molecule has 0 aliphatic heterocycles. The molecule has 0 saturated heterocycles. The molecule has 3 nitrogen and oxygen atoms in total. The maximum atomic E-state index is 13.6. The highest BCUT2D eigenvalue weighted by molar-refractivity contribution is 6.30. The van der Waals surface area contributed by atoms with Gasteiger partial charge in [-0.1, -0.05) is 11.6 Å². The molecular formula is C13H9ClFN3. The summed E-state index contributed by atoms with van der Waals surface area (Å²) in [7, 11) is 0. The highest BCUT2D eigenvalue weighted by atomic mass is 35.5. The van der Waals surface area contributed by atoms with Crippen molar-refractivity contribution in [2.75, 3.05) is 11.1 Å². The Morgan fingerprint density at radius 2 is 1.94 bits per heavy atom. The molecule has 18 heavy (non-hydrogen) atoms. The summed E-state index contributed by atoms with van der Waals surface area (Å²) in [5.41, 5.74) is 7.36. The second-order valence-electron chi connectivity index (χ2n) is 3.66. The van der Waals surface area contributed by atoms with E-state index in [2.05, 4.69) is 5.32 Å². The van der Waals surface area contributed by atoms with Gasteiger partial charge >= 0.3 is 0 Å². The van der Waals surface area contributed by atoms with E-state index in [0.717, 1.165) is 0 Å². The standard InChI is InChI=1S/C13H9ClFN3/c14-9-2-4-12(10(15)6-9)18-13-5-8(7-16)1-3-11(13)17/h1-6,18H,17H2. The molecule has 2 aromatic carbocycles. The van der Waals surface area contributed by atoms with Crippen molar-refractivity contribution in [3.05, 3.63) is 52.8 Å². The third-order valence-electron chi connectivity index (χ3n) is 2.38. The molecule has 2 aromatic rings. The molecule has 5 heteroatoms. The minimum absolute atomic E-state index is 0.251. The molecule has 0 bridgehead atoms. The van der Waals surface area contributed by atoms with Gasteiger partial charge in [-0.15, -0.1) is 0 Å². The number of nitriles is 1. The van der Waals surface area contributed by atoms with Crippen LogP contribution in [-0.4, -0.2) is 0 Å². The number of nitrogens with one attached hydrogen (secondary N) is 1. The Kier molecular flexibility index (Phi) is 3.35. The molecule has 0 spiro atoms. The van der Waals surface area contributed by atoms with Gasteiger partial charge in [0, 0.05) is 5.02 Å². The van der Waals surface area contributed by atoms with Crippen LogP contribution in [0, 0.1) is 17.1 Å². The zero-order valence-corrected chi connectivity index (χ0v) is 10.0. The van der Waals surface area contributed by atoms with E-state index in [-0.39, 0.29) is 5.69 Å². The monoisotopic (exact) mass is 261 g/mol. The molecule has 0 amide bonds. The van der Waals surface area contributed by atoms with Gasteiger partial charge in [-0.3, -0.25) is 0 Å². The molecule has 0 fully saturated rings. The Morgan fingerprint density at radius 1 is 1.17 bits per heavy atom. The smallest absolute Gasteiger partial charge is 0.148 e. The van der Waals surface area contributed by atoms with Crippen LogP contribution in [0.5, 0.6) is 0 Å². The number of benzene rings is 2. The summed E-state index contributed by atoms with van der Waals surface area (Å²) in [6, 6.07) is 11.0. The van der Waals surface area contributed by atoms with Crippen LogP contribution in [0.3, 0.4) is 0 Å². The highest BCUT2D eigenvalue weighted by Crippen LogP contribution is 2.27. The summed E-state index contributed by atoms with van der Waals surface area (Å²) >= 11 is 5.66. The number of nitrogen functional groups attached to an aromatic ring is 1. The first-order valence-corrected chi connectivity index (χ1v) is 5.49. The number of rotatable bonds is 2. The van der Waals surface area contributed by atoms with Crippen molar-refractivity contribution < 1.29 is 4.39 Å². The van der Waals surface area contributed by atoms with Gasteiger partial charge in [-0.05, 0) is 36.4 Å². The number of nitrogens with two attached hydrogens (primary N) is 1. The third-order valence-corrected chi connectivity index (χ3v) is 2.62. The Hall–Kier alpha value is -2.25. The first-order chi connectivity index (χ1) is 8.60. The van der Waals surface area contributed by atoms with Crippen LogP contribution >= 0.6 is 11.6 Å². The van der Waals surface area contributed by atoms with Crippen molar-refractivity contribution in [3.8, 4) is 6.07 Å². The lowest BCUT2D eigenvalue weighted by molar-refractivity contribution is 0.632. The van der Waals surface area contributed by atoms with E-state index in [1.54, 1.807) is 24.3 Å². The Bertz CT molecular complexity index is 635. The van der Waals surface area contributed by atoms with Crippen LogP contribution in [0.25, 0.3) is 0 Å². The van der Waals surface area contributed by atoms with Gasteiger partial charge in [0.05, 0.1) is 28.7 Å². The molecule has 0 aliphatic carbocycles. The second kappa shape index (κ2) is 4.94. The van der Waals surface area contributed by atoms with Crippen molar-refractivity contribution in [3.63, 3.8) is 0 Å². The molecular weight excluding hydrogens is 253 g/mol. The van der Waals surface area contributed by atoms with E-state index in [1.165, 1.54) is 12.1 Å². The number of nitrogens with zero attached hydrogens (tertiary/aromatic N) is 1. The fraction of sp³-hybridized carbons (Fsp3) is 0. The Morgan fingerprint density at radius 3 is 2.61 bits per heavy atom. The van der Waals surface area contributed by atoms with Gasteiger partial charge in [0.2, 0.25) is 0 Å². The molecule has 0 unspecified atom stereocenters. The molecule has 2 rings (SSSR count). The molecule has 0 atom stereocenters. The van der Waals surface area contributed by atoms with Crippen molar-refractivity contribution in [2.24, 2.45) is 0 Å². The average molecular weight is 262 g/mol. The molecule has 90 valence electrons. The predicted molar refractivity (Wildman–Crippen MR) is 70.3 cm³/mol. The van der Waals surface area contributed by atoms with Gasteiger partial charge in [0.1, 0.15) is 5.82 Å². The SMILES string of the molecule is N#Cc1ccc(N)c(Nc2ccc(Cl)cc2F)c1. The van der Waals surface area contributed by atoms with Crippen molar-refractivity contribution in [1.82, 2.24) is 0 Å². The van der Waals surface area contributed by atoms with E-state index in [4.69, 9.17) is 22.6 Å². The second-order valence-corrected chi connectivity index (χ2v) is 4.10. The van der Waals surface area contributed by atoms with E-state index < -0.39 is 5.82 Å². The Labute approximate surface area is 109 Å². The highest BCUT2D eigenvalue weighted by Gasteiger charge is 2.06. The minimum Gasteiger partial charge on any atom is -0.397 e. The van der Waals surface area contributed by atoms with Gasteiger partial charge < -0.3 is 11.1 Å². The lowest BCUT2D eigenvalue weighted by atomic mass is 10.2. The molecule has 3 N–H and O–H groups in total. The fourth-order valence-electron chi connectivity index (χ4n) is 1.47. The number of hydrogen-bond donors (Lipinski definition) is 2. The van der Waals surface area contributed by atoms with Crippen molar-refractivity contribution >= 4 is 28.7 Å². The quantitative estimate of drug-likeness (QED) is 0.811. The summed E-state index contributed by atoms with van der Waals surface area (Å²) in [6.45, 7) is 0. The molecule has 0 radical (unpaired) electrons. The molecule has 0 heterocycles. The summed E-state index contributed by atoms with van der Waals surface area (Å²) in [4.78, 5) is 0. The molecule has 0 aliphatic rings. The lowest BCUT2D eigenvalue weighted by Gasteiger charge is -2.10. The van der Waals surface area contributed by atoms with Crippen molar-refractivity contribution in [2.45, 2.75) is 0 Å². The zero-order valence-electron chi connectivity index (χ0n) is 9.24. The third kappa shape index (κ3) is 2.53. The normalized spacial score (nSPS) is 9.83. The maximum Gasteiger partial charge on any atom is 0.148 e. The lowest BCUT2D eigenvalue weighted by Crippen LogP contribution is -1.98. The molecule has 0 saturated carbocycles. The average Bonchev–Trinajstić information content (AvgIpc) is 2.35. The number of halogens is 2. The van der Waals surface area contributed by atoms with Crippen molar-refractivity contribution in [1.29, 1.82) is 5.26 Å². The summed E-state index contributed by atoms with van der Waals surface area (Å²) in [5.74, 6) is -0.482. The van der Waals surface area contributed by atoms with Crippen LogP contribution in [-0.2, 0) is 0 Å². The predicted octanol–water partition coefficient (Wildman–Crippen LogP) is 3.68. The Balaban J connectivity index is 2.37. The van der Waals surface area contributed by atoms with Gasteiger partial charge in [0.15, 0.2) is 0 Å². The van der Waals surface area contributed by atoms with Gasteiger partial charge in [-0.2, -0.15) is 5.26 Å². The van der Waals surface area contributed by atoms with E-state index >= 15 is 0 Å². The number of hydrogen-bond acceptors (Lipinski definition) is 3. The van der Waals surface area contributed by atoms with E-state index in [1.807, 2.05) is 6.07 Å². The van der Waals surface area contributed by atoms with E-state index in [9.17, 15) is 4.39 Å². The van der Waals surface area contributed by atoms with Gasteiger partial charge in [-0.25, -0.2) is 4.39 Å². The van der Waals surface area contributed by atoms with Crippen LogP contribution in [0.1, 0.15) is 5.56 Å². The largest absolute Gasteiger partial charge is 0.397 e. The topological polar surface area (TPSA) is 61.8 Å². The van der Waals surface area contributed by atoms with E-state index in [0.29, 0.717) is 22.0 Å². The summed E-state index contributed by atoms with van der Waals surface area (Å²) in [5, 5.41) is 11.9. The maximum absolute atomic E-state index is 13.6. The van der Waals surface area contributed by atoms with Crippen LogP contribution < -0.4 is 11.1 Å². The summed E-state index contributed by atoms with van der Waals surface area (Å²) < 4.78 is 13.6. The molecule has 0 aromatic heterocycles.